The van der Waals surface area contributed by atoms with E-state index in [0.717, 1.165) is 9.26 Å². The van der Waals surface area contributed by atoms with E-state index in [2.05, 4.69) is 38.0 Å². The number of methoxy groups -OCH3 is 2. The van der Waals surface area contributed by atoms with Crippen molar-refractivity contribution in [3.05, 3.63) is 63.6 Å². The smallest absolute Gasteiger partial charge is 0.258 e. The van der Waals surface area contributed by atoms with E-state index < -0.39 is 0 Å². The molecule has 1 N–H and O–H groups in total. The van der Waals surface area contributed by atoms with Crippen LogP contribution >= 0.6 is 22.6 Å². The van der Waals surface area contributed by atoms with E-state index in [9.17, 15) is 4.79 Å². The summed E-state index contributed by atoms with van der Waals surface area (Å²) in [6, 6.07) is 10.9. The lowest BCUT2D eigenvalue weighted by molar-refractivity contribution is 0.102. The van der Waals surface area contributed by atoms with Crippen LogP contribution in [0.25, 0.3) is 0 Å². The standard InChI is InChI=1S/C18H17IN4O3/c1-25-15-9-13(14(19)10-16(15)26-2)18(24)21-17-6-8-23(22-17)11-12-5-3-4-7-20-12/h3-10H,11H2,1-2H3,(H,21,22,24). The van der Waals surface area contributed by atoms with Crippen molar-refractivity contribution in [3.63, 3.8) is 0 Å². The summed E-state index contributed by atoms with van der Waals surface area (Å²) in [7, 11) is 3.09. The lowest BCUT2D eigenvalue weighted by Gasteiger charge is -2.11. The minimum Gasteiger partial charge on any atom is -0.493 e. The van der Waals surface area contributed by atoms with Crippen LogP contribution in [0.3, 0.4) is 0 Å². The highest BCUT2D eigenvalue weighted by atomic mass is 127. The zero-order valence-electron chi connectivity index (χ0n) is 14.3. The first kappa shape index (κ1) is 18.2. The Balaban J connectivity index is 1.74. The van der Waals surface area contributed by atoms with Crippen LogP contribution in [0.1, 0.15) is 16.1 Å². The molecule has 0 bridgehead atoms. The summed E-state index contributed by atoms with van der Waals surface area (Å²) in [5.74, 6) is 1.28. The fraction of sp³-hybridized carbons (Fsp3) is 0.167. The number of hydrogen-bond acceptors (Lipinski definition) is 5. The van der Waals surface area contributed by atoms with E-state index in [0.29, 0.717) is 29.4 Å². The minimum absolute atomic E-state index is 0.265. The summed E-state index contributed by atoms with van der Waals surface area (Å²) in [5.41, 5.74) is 1.38. The normalized spacial score (nSPS) is 10.4. The molecule has 0 aliphatic rings. The maximum absolute atomic E-state index is 12.6. The van der Waals surface area contributed by atoms with Gasteiger partial charge < -0.3 is 14.8 Å². The molecule has 0 fully saturated rings. The molecule has 26 heavy (non-hydrogen) atoms. The predicted molar refractivity (Wildman–Crippen MR) is 106 cm³/mol. The second kappa shape index (κ2) is 8.17. The Morgan fingerprint density at radius 2 is 1.96 bits per heavy atom. The number of halogens is 1. The van der Waals surface area contributed by atoms with Gasteiger partial charge in [-0.05, 0) is 46.9 Å². The van der Waals surface area contributed by atoms with Gasteiger partial charge in [-0.15, -0.1) is 0 Å². The number of benzene rings is 1. The average molecular weight is 464 g/mol. The van der Waals surface area contributed by atoms with Crippen LogP contribution in [-0.2, 0) is 6.54 Å². The Bertz CT molecular complexity index is 912. The molecular weight excluding hydrogens is 447 g/mol. The quantitative estimate of drug-likeness (QED) is 0.567. The summed E-state index contributed by atoms with van der Waals surface area (Å²) in [4.78, 5) is 16.9. The number of amides is 1. The number of nitrogens with one attached hydrogen (secondary N) is 1. The van der Waals surface area contributed by atoms with E-state index in [1.54, 1.807) is 42.4 Å². The molecule has 1 aromatic carbocycles. The van der Waals surface area contributed by atoms with Gasteiger partial charge in [0.15, 0.2) is 17.3 Å². The summed E-state index contributed by atoms with van der Waals surface area (Å²) < 4.78 is 13.0. The van der Waals surface area contributed by atoms with Crippen LogP contribution < -0.4 is 14.8 Å². The molecule has 0 radical (unpaired) electrons. The van der Waals surface area contributed by atoms with Gasteiger partial charge in [0.2, 0.25) is 0 Å². The highest BCUT2D eigenvalue weighted by Gasteiger charge is 2.16. The summed E-state index contributed by atoms with van der Waals surface area (Å²) in [5, 5.41) is 7.16. The average Bonchev–Trinajstić information content (AvgIpc) is 3.08. The summed E-state index contributed by atoms with van der Waals surface area (Å²) in [6.07, 6.45) is 3.53. The third-order valence-corrected chi connectivity index (χ3v) is 4.54. The molecule has 3 rings (SSSR count). The van der Waals surface area contributed by atoms with Crippen LogP contribution in [-0.4, -0.2) is 34.9 Å². The Hall–Kier alpha value is -2.62. The van der Waals surface area contributed by atoms with Gasteiger partial charge in [0, 0.05) is 22.0 Å². The molecule has 0 unspecified atom stereocenters. The van der Waals surface area contributed by atoms with E-state index in [1.807, 2.05) is 18.2 Å². The molecule has 2 aromatic heterocycles. The highest BCUT2D eigenvalue weighted by molar-refractivity contribution is 14.1. The van der Waals surface area contributed by atoms with Gasteiger partial charge in [0.1, 0.15) is 0 Å². The number of anilines is 1. The Labute approximate surface area is 164 Å². The fourth-order valence-electron chi connectivity index (χ4n) is 2.39. The molecule has 7 nitrogen and oxygen atoms in total. The van der Waals surface area contributed by atoms with Crippen LogP contribution in [0.15, 0.2) is 48.8 Å². The van der Waals surface area contributed by atoms with E-state index >= 15 is 0 Å². The number of ether oxygens (including phenoxy) is 2. The largest absolute Gasteiger partial charge is 0.493 e. The second-order valence-electron chi connectivity index (χ2n) is 5.36. The van der Waals surface area contributed by atoms with Crippen LogP contribution in [0, 0.1) is 3.57 Å². The van der Waals surface area contributed by atoms with Gasteiger partial charge in [-0.2, -0.15) is 5.10 Å². The molecule has 0 spiro atoms. The molecule has 2 heterocycles. The van der Waals surface area contributed by atoms with Gasteiger partial charge in [0.25, 0.3) is 5.91 Å². The van der Waals surface area contributed by atoms with Gasteiger partial charge >= 0.3 is 0 Å². The Morgan fingerprint density at radius 1 is 1.19 bits per heavy atom. The van der Waals surface area contributed by atoms with Crippen molar-refractivity contribution >= 4 is 34.3 Å². The molecule has 0 saturated heterocycles. The van der Waals surface area contributed by atoms with Crippen molar-refractivity contribution in [3.8, 4) is 11.5 Å². The minimum atomic E-state index is -0.265. The molecule has 0 aliphatic carbocycles. The maximum Gasteiger partial charge on any atom is 0.258 e. The predicted octanol–water partition coefficient (Wildman–Crippen LogP) is 3.20. The first-order valence-corrected chi connectivity index (χ1v) is 8.85. The van der Waals surface area contributed by atoms with Crippen LogP contribution in [0.5, 0.6) is 11.5 Å². The number of carbonyl (C=O) groups excluding carboxylic acids is 1. The topological polar surface area (TPSA) is 78.3 Å². The van der Waals surface area contributed by atoms with Gasteiger partial charge in [-0.1, -0.05) is 6.07 Å². The fourth-order valence-corrected chi connectivity index (χ4v) is 3.07. The van der Waals surface area contributed by atoms with Crippen molar-refractivity contribution < 1.29 is 14.3 Å². The van der Waals surface area contributed by atoms with Gasteiger partial charge in [-0.25, -0.2) is 0 Å². The zero-order chi connectivity index (χ0) is 18.5. The van der Waals surface area contributed by atoms with E-state index in [4.69, 9.17) is 9.47 Å². The van der Waals surface area contributed by atoms with Crippen molar-refractivity contribution in [2.24, 2.45) is 0 Å². The number of rotatable bonds is 6. The van der Waals surface area contributed by atoms with Crippen molar-refractivity contribution in [2.75, 3.05) is 19.5 Å². The summed E-state index contributed by atoms with van der Waals surface area (Å²) in [6.45, 7) is 0.532. The van der Waals surface area contributed by atoms with Gasteiger partial charge in [0.05, 0.1) is 32.0 Å². The lowest BCUT2D eigenvalue weighted by atomic mass is 10.2. The first-order valence-electron chi connectivity index (χ1n) is 7.77. The first-order chi connectivity index (χ1) is 12.6. The van der Waals surface area contributed by atoms with Gasteiger partial charge in [-0.3, -0.25) is 14.5 Å². The molecule has 8 heteroatoms. The summed E-state index contributed by atoms with van der Waals surface area (Å²) >= 11 is 2.09. The van der Waals surface area contributed by atoms with E-state index in [-0.39, 0.29) is 5.91 Å². The number of hydrogen-bond donors (Lipinski definition) is 1. The van der Waals surface area contributed by atoms with Crippen molar-refractivity contribution in [2.45, 2.75) is 6.54 Å². The Morgan fingerprint density at radius 3 is 2.65 bits per heavy atom. The third kappa shape index (κ3) is 4.13. The SMILES string of the molecule is COc1cc(I)c(C(=O)Nc2ccn(Cc3ccccn3)n2)cc1OC. The number of aromatic nitrogens is 3. The monoisotopic (exact) mass is 464 g/mol. The van der Waals surface area contributed by atoms with E-state index in [1.165, 1.54) is 7.11 Å². The molecular formula is C18H17IN4O3. The number of pyridine rings is 1. The Kier molecular flexibility index (Phi) is 5.71. The van der Waals surface area contributed by atoms with Crippen LogP contribution in [0.2, 0.25) is 0 Å². The number of nitrogens with zero attached hydrogens (tertiary/aromatic N) is 3. The maximum atomic E-state index is 12.6. The molecule has 0 aliphatic heterocycles. The lowest BCUT2D eigenvalue weighted by Crippen LogP contribution is -2.15. The molecule has 1 amide bonds. The second-order valence-corrected chi connectivity index (χ2v) is 6.52. The molecule has 0 atom stereocenters. The molecule has 3 aromatic rings. The van der Waals surface area contributed by atoms with Crippen LogP contribution in [0.4, 0.5) is 5.82 Å². The molecule has 134 valence electrons. The molecule has 0 saturated carbocycles. The zero-order valence-corrected chi connectivity index (χ0v) is 16.4. The van der Waals surface area contributed by atoms with Crippen molar-refractivity contribution in [1.29, 1.82) is 0 Å². The number of carbonyl (C=O) groups is 1. The van der Waals surface area contributed by atoms with Crippen molar-refractivity contribution in [1.82, 2.24) is 14.8 Å². The third-order valence-electron chi connectivity index (χ3n) is 3.65. The highest BCUT2D eigenvalue weighted by Crippen LogP contribution is 2.31.